The SMILES string of the molecule is O=C(O)c1ccc2c(Cc3ccc(F)cc3)c[nH]c2c1. The van der Waals surface area contributed by atoms with Gasteiger partial charge in [-0.05, 0) is 41.8 Å². The van der Waals surface area contributed by atoms with Crippen molar-refractivity contribution in [2.24, 2.45) is 0 Å². The van der Waals surface area contributed by atoms with E-state index in [1.165, 1.54) is 12.1 Å². The molecular formula is C16H12FNO2. The molecule has 3 nitrogen and oxygen atoms in total. The highest BCUT2D eigenvalue weighted by Crippen LogP contribution is 2.22. The normalized spacial score (nSPS) is 10.8. The molecule has 0 aliphatic rings. The van der Waals surface area contributed by atoms with Gasteiger partial charge >= 0.3 is 5.97 Å². The fourth-order valence-corrected chi connectivity index (χ4v) is 2.29. The molecule has 2 N–H and O–H groups in total. The molecule has 0 aliphatic carbocycles. The molecular weight excluding hydrogens is 257 g/mol. The predicted octanol–water partition coefficient (Wildman–Crippen LogP) is 3.60. The number of benzene rings is 2. The largest absolute Gasteiger partial charge is 0.478 e. The minimum absolute atomic E-state index is 0.251. The third kappa shape index (κ3) is 2.28. The first kappa shape index (κ1) is 12.4. The highest BCUT2D eigenvalue weighted by atomic mass is 19.1. The van der Waals surface area contributed by atoms with Crippen LogP contribution in [0.15, 0.2) is 48.7 Å². The molecule has 0 atom stereocenters. The zero-order chi connectivity index (χ0) is 14.1. The van der Waals surface area contributed by atoms with E-state index in [0.717, 1.165) is 22.0 Å². The van der Waals surface area contributed by atoms with Gasteiger partial charge in [-0.25, -0.2) is 9.18 Å². The first-order chi connectivity index (χ1) is 9.63. The maximum Gasteiger partial charge on any atom is 0.335 e. The molecule has 0 bridgehead atoms. The van der Waals surface area contributed by atoms with Crippen molar-refractivity contribution >= 4 is 16.9 Å². The molecule has 2 aromatic carbocycles. The van der Waals surface area contributed by atoms with Gasteiger partial charge in [-0.1, -0.05) is 18.2 Å². The average Bonchev–Trinajstić information content (AvgIpc) is 2.84. The number of aromatic carboxylic acids is 1. The monoisotopic (exact) mass is 269 g/mol. The van der Waals surface area contributed by atoms with Crippen molar-refractivity contribution < 1.29 is 14.3 Å². The standard InChI is InChI=1S/C16H12FNO2/c17-13-4-1-10(2-5-13)7-12-9-18-15-8-11(16(19)20)3-6-14(12)15/h1-6,8-9,18H,7H2,(H,19,20). The number of rotatable bonds is 3. The first-order valence-corrected chi connectivity index (χ1v) is 6.21. The summed E-state index contributed by atoms with van der Waals surface area (Å²) in [6.07, 6.45) is 2.53. The van der Waals surface area contributed by atoms with Crippen LogP contribution in [-0.2, 0) is 6.42 Å². The van der Waals surface area contributed by atoms with Crippen molar-refractivity contribution in [3.05, 3.63) is 71.2 Å². The summed E-state index contributed by atoms with van der Waals surface area (Å²) >= 11 is 0. The van der Waals surface area contributed by atoms with Crippen molar-refractivity contribution in [2.75, 3.05) is 0 Å². The summed E-state index contributed by atoms with van der Waals surface area (Å²) < 4.78 is 12.9. The Morgan fingerprint density at radius 3 is 2.60 bits per heavy atom. The van der Waals surface area contributed by atoms with E-state index in [9.17, 15) is 9.18 Å². The van der Waals surface area contributed by atoms with Gasteiger partial charge in [-0.3, -0.25) is 0 Å². The van der Waals surface area contributed by atoms with Crippen molar-refractivity contribution in [3.8, 4) is 0 Å². The van der Waals surface area contributed by atoms with Crippen LogP contribution in [0.3, 0.4) is 0 Å². The molecule has 0 unspecified atom stereocenters. The molecule has 3 rings (SSSR count). The molecule has 0 saturated carbocycles. The summed E-state index contributed by atoms with van der Waals surface area (Å²) in [5.41, 5.74) is 3.12. The van der Waals surface area contributed by atoms with Crippen LogP contribution >= 0.6 is 0 Å². The number of halogens is 1. The van der Waals surface area contributed by atoms with Crippen LogP contribution in [0.25, 0.3) is 10.9 Å². The van der Waals surface area contributed by atoms with E-state index in [0.29, 0.717) is 6.42 Å². The highest BCUT2D eigenvalue weighted by Gasteiger charge is 2.08. The number of aromatic amines is 1. The van der Waals surface area contributed by atoms with Gasteiger partial charge in [0, 0.05) is 17.1 Å². The summed E-state index contributed by atoms with van der Waals surface area (Å²) in [4.78, 5) is 14.0. The number of H-pyrrole nitrogens is 1. The van der Waals surface area contributed by atoms with E-state index in [1.54, 1.807) is 30.3 Å². The van der Waals surface area contributed by atoms with E-state index >= 15 is 0 Å². The Bertz CT molecular complexity index is 775. The van der Waals surface area contributed by atoms with E-state index in [1.807, 2.05) is 6.20 Å². The lowest BCUT2D eigenvalue weighted by Crippen LogP contribution is -1.95. The smallest absolute Gasteiger partial charge is 0.335 e. The van der Waals surface area contributed by atoms with Crippen LogP contribution < -0.4 is 0 Å². The first-order valence-electron chi connectivity index (χ1n) is 6.21. The molecule has 1 aromatic heterocycles. The Balaban J connectivity index is 1.96. The van der Waals surface area contributed by atoms with E-state index < -0.39 is 5.97 Å². The third-order valence-electron chi connectivity index (χ3n) is 3.32. The lowest BCUT2D eigenvalue weighted by atomic mass is 10.0. The summed E-state index contributed by atoms with van der Waals surface area (Å²) in [6.45, 7) is 0. The number of hydrogen-bond acceptors (Lipinski definition) is 1. The fourth-order valence-electron chi connectivity index (χ4n) is 2.29. The Morgan fingerprint density at radius 2 is 1.90 bits per heavy atom. The zero-order valence-electron chi connectivity index (χ0n) is 10.6. The maximum atomic E-state index is 12.9. The number of hydrogen-bond donors (Lipinski definition) is 2. The molecule has 0 fully saturated rings. The van der Waals surface area contributed by atoms with Crippen LogP contribution in [0.2, 0.25) is 0 Å². The summed E-state index contributed by atoms with van der Waals surface area (Å²) in [5.74, 6) is -1.19. The second kappa shape index (κ2) is 4.81. The van der Waals surface area contributed by atoms with Crippen LogP contribution in [0.4, 0.5) is 4.39 Å². The Morgan fingerprint density at radius 1 is 1.15 bits per heavy atom. The number of carbonyl (C=O) groups is 1. The number of carboxylic acid groups (broad SMARTS) is 1. The minimum atomic E-state index is -0.943. The Hall–Kier alpha value is -2.62. The van der Waals surface area contributed by atoms with Gasteiger partial charge < -0.3 is 10.1 Å². The summed E-state index contributed by atoms with van der Waals surface area (Å²) in [6, 6.07) is 11.4. The molecule has 0 spiro atoms. The van der Waals surface area contributed by atoms with Crippen LogP contribution in [0.5, 0.6) is 0 Å². The quantitative estimate of drug-likeness (QED) is 0.763. The predicted molar refractivity (Wildman–Crippen MR) is 74.5 cm³/mol. The van der Waals surface area contributed by atoms with Gasteiger partial charge in [-0.2, -0.15) is 0 Å². The van der Waals surface area contributed by atoms with Gasteiger partial charge in [0.2, 0.25) is 0 Å². The van der Waals surface area contributed by atoms with Gasteiger partial charge in [0.1, 0.15) is 5.82 Å². The molecule has 0 aliphatic heterocycles. The third-order valence-corrected chi connectivity index (χ3v) is 3.32. The lowest BCUT2D eigenvalue weighted by molar-refractivity contribution is 0.0697. The number of carboxylic acids is 1. The van der Waals surface area contributed by atoms with Crippen LogP contribution in [0.1, 0.15) is 21.5 Å². The van der Waals surface area contributed by atoms with Gasteiger partial charge in [0.05, 0.1) is 5.56 Å². The van der Waals surface area contributed by atoms with Crippen LogP contribution in [-0.4, -0.2) is 16.1 Å². The van der Waals surface area contributed by atoms with Crippen molar-refractivity contribution in [3.63, 3.8) is 0 Å². The maximum absolute atomic E-state index is 12.9. The molecule has 0 amide bonds. The van der Waals surface area contributed by atoms with E-state index in [2.05, 4.69) is 4.98 Å². The lowest BCUT2D eigenvalue weighted by Gasteiger charge is -2.01. The van der Waals surface area contributed by atoms with Crippen LogP contribution in [0, 0.1) is 5.82 Å². The van der Waals surface area contributed by atoms with Crippen molar-refractivity contribution in [2.45, 2.75) is 6.42 Å². The van der Waals surface area contributed by atoms with Gasteiger partial charge in [0.15, 0.2) is 0 Å². The summed E-state index contributed by atoms with van der Waals surface area (Å²) in [5, 5.41) is 9.95. The zero-order valence-corrected chi connectivity index (χ0v) is 10.6. The highest BCUT2D eigenvalue weighted by molar-refractivity contribution is 5.94. The van der Waals surface area contributed by atoms with E-state index in [4.69, 9.17) is 5.11 Å². The number of aromatic nitrogens is 1. The molecule has 4 heteroatoms. The van der Waals surface area contributed by atoms with Crippen molar-refractivity contribution in [1.82, 2.24) is 4.98 Å². The number of nitrogens with one attached hydrogen (secondary N) is 1. The Labute approximate surface area is 114 Å². The van der Waals surface area contributed by atoms with Crippen molar-refractivity contribution in [1.29, 1.82) is 0 Å². The molecule has 20 heavy (non-hydrogen) atoms. The topological polar surface area (TPSA) is 53.1 Å². The molecule has 3 aromatic rings. The number of fused-ring (bicyclic) bond motifs is 1. The molecule has 100 valence electrons. The minimum Gasteiger partial charge on any atom is -0.478 e. The van der Waals surface area contributed by atoms with Gasteiger partial charge in [-0.15, -0.1) is 0 Å². The fraction of sp³-hybridized carbons (Fsp3) is 0.0625. The molecule has 1 heterocycles. The Kier molecular flexibility index (Phi) is 2.99. The van der Waals surface area contributed by atoms with E-state index in [-0.39, 0.29) is 11.4 Å². The summed E-state index contributed by atoms with van der Waals surface area (Å²) in [7, 11) is 0. The molecule has 0 radical (unpaired) electrons. The second-order valence-electron chi connectivity index (χ2n) is 4.68. The van der Waals surface area contributed by atoms with Gasteiger partial charge in [0.25, 0.3) is 0 Å². The average molecular weight is 269 g/mol. The molecule has 0 saturated heterocycles. The second-order valence-corrected chi connectivity index (χ2v) is 4.68.